The minimum Gasteiger partial charge on any atom is -0.235 e. The monoisotopic (exact) mass is 137 g/mol. The van der Waals surface area contributed by atoms with E-state index in [-0.39, 0.29) is 0 Å². The maximum atomic E-state index is 12.6. The first-order chi connectivity index (χ1) is 4.88. The average Bonchev–Trinajstić information content (AvgIpc) is 2.36. The van der Waals surface area contributed by atoms with E-state index in [1.165, 1.54) is 16.9 Å². The molecule has 0 aliphatic heterocycles. The molecule has 0 aliphatic rings. The number of hydrogen-bond donors (Lipinski definition) is 0. The number of fused-ring (bicyclic) bond motifs is 1. The van der Waals surface area contributed by atoms with Gasteiger partial charge < -0.3 is 0 Å². The zero-order valence-corrected chi connectivity index (χ0v) is 5.03. The molecule has 2 aromatic rings. The fraction of sp³-hybridized carbons (Fsp3) is 0. The fourth-order valence-electron chi connectivity index (χ4n) is 0.824. The van der Waals surface area contributed by atoms with Gasteiger partial charge in [-0.15, -0.1) is 0 Å². The average molecular weight is 137 g/mol. The summed E-state index contributed by atoms with van der Waals surface area (Å²) in [5, 5.41) is 3.82. The Morgan fingerprint density at radius 2 is 2.30 bits per heavy atom. The van der Waals surface area contributed by atoms with E-state index in [1.807, 2.05) is 0 Å². The van der Waals surface area contributed by atoms with Crippen LogP contribution in [0.1, 0.15) is 0 Å². The summed E-state index contributed by atoms with van der Waals surface area (Å²) in [6.45, 7) is 0. The van der Waals surface area contributed by atoms with Crippen LogP contribution in [0.2, 0.25) is 0 Å². The van der Waals surface area contributed by atoms with Crippen LogP contribution in [0.5, 0.6) is 0 Å². The van der Waals surface area contributed by atoms with Crippen LogP contribution >= 0.6 is 0 Å². The van der Waals surface area contributed by atoms with Crippen molar-refractivity contribution in [1.82, 2.24) is 14.6 Å². The Morgan fingerprint density at radius 3 is 3.10 bits per heavy atom. The third-order valence-corrected chi connectivity index (χ3v) is 1.28. The molecule has 0 amide bonds. The topological polar surface area (TPSA) is 30.2 Å². The van der Waals surface area contributed by atoms with Gasteiger partial charge in [0, 0.05) is 12.4 Å². The van der Waals surface area contributed by atoms with Crippen molar-refractivity contribution in [2.45, 2.75) is 0 Å². The second-order valence-corrected chi connectivity index (χ2v) is 1.88. The Hall–Kier alpha value is -1.45. The molecule has 0 N–H and O–H groups in total. The van der Waals surface area contributed by atoms with Crippen molar-refractivity contribution in [3.05, 3.63) is 30.6 Å². The second-order valence-electron chi connectivity index (χ2n) is 1.88. The summed E-state index contributed by atoms with van der Waals surface area (Å²) in [4.78, 5) is 3.45. The predicted molar refractivity (Wildman–Crippen MR) is 32.9 cm³/mol. The zero-order chi connectivity index (χ0) is 6.97. The minimum absolute atomic E-state index is 0.405. The van der Waals surface area contributed by atoms with Gasteiger partial charge in [0.15, 0.2) is 0 Å². The molecule has 0 aliphatic carbocycles. The van der Waals surface area contributed by atoms with Gasteiger partial charge in [0.2, 0.25) is 5.95 Å². The maximum Gasteiger partial charge on any atom is 0.238 e. The van der Waals surface area contributed by atoms with Gasteiger partial charge in [0.1, 0.15) is 5.52 Å². The summed E-state index contributed by atoms with van der Waals surface area (Å²) in [5.74, 6) is -0.486. The van der Waals surface area contributed by atoms with Gasteiger partial charge in [-0.25, -0.2) is 9.50 Å². The van der Waals surface area contributed by atoms with E-state index in [0.717, 1.165) is 0 Å². The molecule has 0 fully saturated rings. The summed E-state index contributed by atoms with van der Waals surface area (Å²) < 4.78 is 14.1. The van der Waals surface area contributed by atoms with Crippen molar-refractivity contribution in [3.8, 4) is 0 Å². The molecule has 3 nitrogen and oxygen atoms in total. The van der Waals surface area contributed by atoms with Crippen LogP contribution in [-0.4, -0.2) is 14.6 Å². The minimum atomic E-state index is -0.486. The molecule has 0 saturated heterocycles. The van der Waals surface area contributed by atoms with Crippen LogP contribution in [-0.2, 0) is 0 Å². The quantitative estimate of drug-likeness (QED) is 0.539. The standard InChI is InChI=1S/C6H4FN3/c7-6-5-1-2-9-10(5)4-3-8-6/h1-4H. The number of aromatic nitrogens is 3. The summed E-state index contributed by atoms with van der Waals surface area (Å²) >= 11 is 0. The predicted octanol–water partition coefficient (Wildman–Crippen LogP) is 0.868. The molecule has 0 bridgehead atoms. The number of rotatable bonds is 0. The van der Waals surface area contributed by atoms with E-state index in [9.17, 15) is 4.39 Å². The highest BCUT2D eigenvalue weighted by molar-refractivity contribution is 5.43. The Morgan fingerprint density at radius 1 is 1.40 bits per heavy atom. The van der Waals surface area contributed by atoms with Crippen LogP contribution in [0.4, 0.5) is 4.39 Å². The van der Waals surface area contributed by atoms with Crippen molar-refractivity contribution in [2.75, 3.05) is 0 Å². The maximum absolute atomic E-state index is 12.6. The van der Waals surface area contributed by atoms with Crippen molar-refractivity contribution in [1.29, 1.82) is 0 Å². The zero-order valence-electron chi connectivity index (χ0n) is 5.03. The molecule has 2 rings (SSSR count). The van der Waals surface area contributed by atoms with Gasteiger partial charge in [-0.1, -0.05) is 0 Å². The van der Waals surface area contributed by atoms with Crippen molar-refractivity contribution < 1.29 is 4.39 Å². The molecule has 0 spiro atoms. The van der Waals surface area contributed by atoms with E-state index in [4.69, 9.17) is 0 Å². The lowest BCUT2D eigenvalue weighted by Gasteiger charge is -1.89. The van der Waals surface area contributed by atoms with Gasteiger partial charge in [-0.2, -0.15) is 9.49 Å². The number of halogens is 1. The van der Waals surface area contributed by atoms with E-state index in [2.05, 4.69) is 10.1 Å². The lowest BCUT2D eigenvalue weighted by molar-refractivity contribution is 0.586. The van der Waals surface area contributed by atoms with Gasteiger partial charge in [0.05, 0.1) is 6.20 Å². The first kappa shape index (κ1) is 5.34. The molecule has 4 heteroatoms. The Labute approximate surface area is 56.1 Å². The van der Waals surface area contributed by atoms with E-state index in [1.54, 1.807) is 12.3 Å². The molecule has 0 saturated carbocycles. The highest BCUT2D eigenvalue weighted by Crippen LogP contribution is 2.02. The molecule has 0 atom stereocenters. The summed E-state index contributed by atoms with van der Waals surface area (Å²) in [6, 6.07) is 1.57. The van der Waals surface area contributed by atoms with Gasteiger partial charge in [-0.3, -0.25) is 0 Å². The molecule has 0 unspecified atom stereocenters. The summed E-state index contributed by atoms with van der Waals surface area (Å²) in [6.07, 6.45) is 4.49. The van der Waals surface area contributed by atoms with E-state index >= 15 is 0 Å². The Bertz CT molecular complexity index is 355. The molecule has 2 aromatic heterocycles. The smallest absolute Gasteiger partial charge is 0.235 e. The molecule has 0 aromatic carbocycles. The highest BCUT2D eigenvalue weighted by Gasteiger charge is 1.98. The number of hydrogen-bond acceptors (Lipinski definition) is 2. The van der Waals surface area contributed by atoms with Crippen molar-refractivity contribution in [3.63, 3.8) is 0 Å². The molecule has 10 heavy (non-hydrogen) atoms. The normalized spacial score (nSPS) is 10.5. The summed E-state index contributed by atoms with van der Waals surface area (Å²) in [7, 11) is 0. The largest absolute Gasteiger partial charge is 0.238 e. The first-order valence-electron chi connectivity index (χ1n) is 2.82. The van der Waals surface area contributed by atoms with Crippen LogP contribution in [0.15, 0.2) is 24.7 Å². The van der Waals surface area contributed by atoms with Crippen molar-refractivity contribution in [2.24, 2.45) is 0 Å². The van der Waals surface area contributed by atoms with Crippen LogP contribution in [0, 0.1) is 5.95 Å². The third-order valence-electron chi connectivity index (χ3n) is 1.28. The highest BCUT2D eigenvalue weighted by atomic mass is 19.1. The summed E-state index contributed by atoms with van der Waals surface area (Å²) in [5.41, 5.74) is 0.405. The Balaban J connectivity index is 2.95. The fourth-order valence-corrected chi connectivity index (χ4v) is 0.824. The van der Waals surface area contributed by atoms with Crippen LogP contribution in [0.3, 0.4) is 0 Å². The second kappa shape index (κ2) is 1.76. The SMILES string of the molecule is Fc1nccn2nccc12. The lowest BCUT2D eigenvalue weighted by atomic mass is 10.5. The molecular weight excluding hydrogens is 133 g/mol. The Kier molecular flexibility index (Phi) is 0.943. The molecule has 50 valence electrons. The van der Waals surface area contributed by atoms with Gasteiger partial charge in [-0.05, 0) is 6.07 Å². The lowest BCUT2D eigenvalue weighted by Crippen LogP contribution is -1.90. The van der Waals surface area contributed by atoms with Crippen molar-refractivity contribution >= 4 is 5.52 Å². The van der Waals surface area contributed by atoms with Gasteiger partial charge in [0.25, 0.3) is 0 Å². The molecule has 2 heterocycles. The number of nitrogens with zero attached hydrogens (tertiary/aromatic N) is 3. The third kappa shape index (κ3) is 0.586. The molecular formula is C6H4FN3. The van der Waals surface area contributed by atoms with Crippen LogP contribution < -0.4 is 0 Å². The van der Waals surface area contributed by atoms with E-state index < -0.39 is 5.95 Å². The van der Waals surface area contributed by atoms with Crippen LogP contribution in [0.25, 0.3) is 5.52 Å². The molecule has 0 radical (unpaired) electrons. The first-order valence-corrected chi connectivity index (χ1v) is 2.82. The van der Waals surface area contributed by atoms with Gasteiger partial charge >= 0.3 is 0 Å². The van der Waals surface area contributed by atoms with E-state index in [0.29, 0.717) is 5.52 Å².